The summed E-state index contributed by atoms with van der Waals surface area (Å²) in [6, 6.07) is 19.3. The molecule has 3 heterocycles. The molecule has 1 aliphatic heterocycles. The van der Waals surface area contributed by atoms with Crippen LogP contribution in [-0.4, -0.2) is 61.2 Å². The van der Waals surface area contributed by atoms with Crippen LogP contribution in [0.4, 0.5) is 5.82 Å². The Morgan fingerprint density at radius 2 is 1.71 bits per heavy atom. The molecule has 252 valence electrons. The predicted octanol–water partition coefficient (Wildman–Crippen LogP) is 5.94. The van der Waals surface area contributed by atoms with Gasteiger partial charge in [0, 0.05) is 46.8 Å². The number of benzene rings is 2. The highest BCUT2D eigenvalue weighted by Crippen LogP contribution is 2.40. The lowest BCUT2D eigenvalue weighted by Crippen LogP contribution is -2.31. The number of anilines is 1. The zero-order valence-electron chi connectivity index (χ0n) is 26.6. The number of carbonyl (C=O) groups excluding carboxylic acids is 2. The van der Waals surface area contributed by atoms with Crippen LogP contribution in [0.25, 0.3) is 21.7 Å². The quantitative estimate of drug-likeness (QED) is 0.0849. The van der Waals surface area contributed by atoms with Crippen LogP contribution in [0.5, 0.6) is 5.75 Å². The molecule has 3 N–H and O–H groups in total. The smallest absolute Gasteiger partial charge is 0.325 e. The highest BCUT2D eigenvalue weighted by Gasteiger charge is 2.26. The van der Waals surface area contributed by atoms with Gasteiger partial charge in [0.25, 0.3) is 0 Å². The van der Waals surface area contributed by atoms with Crippen LogP contribution in [0.3, 0.4) is 0 Å². The molecule has 49 heavy (non-hydrogen) atoms. The van der Waals surface area contributed by atoms with Crippen molar-refractivity contribution in [3.63, 3.8) is 0 Å². The number of nitrogens with two attached hydrogens (primary N) is 1. The summed E-state index contributed by atoms with van der Waals surface area (Å²) in [6.45, 7) is 1.85. The summed E-state index contributed by atoms with van der Waals surface area (Å²) in [5.74, 6) is 0.775. The summed E-state index contributed by atoms with van der Waals surface area (Å²) < 4.78 is 10.9. The maximum atomic E-state index is 11.9. The van der Waals surface area contributed by atoms with E-state index in [1.54, 1.807) is 24.3 Å². The van der Waals surface area contributed by atoms with Gasteiger partial charge in [-0.05, 0) is 55.6 Å². The zero-order valence-corrected chi connectivity index (χ0v) is 29.0. The molecular weight excluding hydrogens is 682 g/mol. The standard InChI is InChI=1S/C35H34ClN7O4S2/c36-25-9-5-24(6-10-25)34-41-26(21-48-34)22-49-35-29(19-39)32(28(18-38)33(42-35)43-14-1-2-15-43)23-7-11-27(12-8-23)46-16-17-47-31(45)20-40-30(44)4-3-13-37/h5-12,21H,1-4,13-17,20,22,37H2,(H,40,44). The highest BCUT2D eigenvalue weighted by atomic mass is 35.5. The van der Waals surface area contributed by atoms with Gasteiger partial charge in [-0.3, -0.25) is 9.59 Å². The number of carbonyl (C=O) groups is 2. The van der Waals surface area contributed by atoms with Gasteiger partial charge in [0.2, 0.25) is 5.91 Å². The van der Waals surface area contributed by atoms with Crippen molar-refractivity contribution in [1.82, 2.24) is 15.3 Å². The first-order chi connectivity index (χ1) is 23.9. The van der Waals surface area contributed by atoms with Gasteiger partial charge >= 0.3 is 5.97 Å². The molecule has 2 aromatic heterocycles. The first-order valence-corrected chi connectivity index (χ1v) is 18.0. The number of nitrogens with zero attached hydrogens (tertiary/aromatic N) is 5. The van der Waals surface area contributed by atoms with Gasteiger partial charge in [-0.1, -0.05) is 47.6 Å². The van der Waals surface area contributed by atoms with Gasteiger partial charge in [-0.25, -0.2) is 9.97 Å². The molecule has 0 bridgehead atoms. The van der Waals surface area contributed by atoms with Crippen LogP contribution in [0.2, 0.25) is 5.02 Å². The van der Waals surface area contributed by atoms with Crippen molar-refractivity contribution in [1.29, 1.82) is 10.5 Å². The molecule has 0 radical (unpaired) electrons. The Kier molecular flexibility index (Phi) is 12.8. The highest BCUT2D eigenvalue weighted by molar-refractivity contribution is 7.98. The van der Waals surface area contributed by atoms with Gasteiger partial charge in [-0.15, -0.1) is 11.3 Å². The molecule has 0 spiro atoms. The van der Waals surface area contributed by atoms with Crippen molar-refractivity contribution in [2.75, 3.05) is 44.3 Å². The number of thiazole rings is 1. The summed E-state index contributed by atoms with van der Waals surface area (Å²) in [4.78, 5) is 35.3. The molecule has 11 nitrogen and oxygen atoms in total. The van der Waals surface area contributed by atoms with Crippen molar-refractivity contribution < 1.29 is 19.1 Å². The largest absolute Gasteiger partial charge is 0.490 e. The predicted molar refractivity (Wildman–Crippen MR) is 190 cm³/mol. The second-order valence-corrected chi connectivity index (χ2v) is 13.2. The Balaban J connectivity index is 1.30. The fraction of sp³-hybridized carbons (Fsp3) is 0.314. The number of esters is 1. The molecular formula is C35H34ClN7O4S2. The third kappa shape index (κ3) is 9.49. The van der Waals surface area contributed by atoms with Crippen molar-refractivity contribution >= 4 is 52.4 Å². The number of nitrogens with one attached hydrogen (secondary N) is 1. The third-order valence-electron chi connectivity index (χ3n) is 7.57. The number of hydrogen-bond donors (Lipinski definition) is 2. The fourth-order valence-electron chi connectivity index (χ4n) is 5.16. The molecule has 0 unspecified atom stereocenters. The average Bonchev–Trinajstić information content (AvgIpc) is 3.84. The number of ether oxygens (including phenoxy) is 2. The summed E-state index contributed by atoms with van der Waals surface area (Å²) >= 11 is 9.01. The number of hydrogen-bond acceptors (Lipinski definition) is 12. The topological polar surface area (TPSA) is 167 Å². The number of amides is 1. The molecule has 1 amide bonds. The van der Waals surface area contributed by atoms with Gasteiger partial charge in [0.05, 0.1) is 11.3 Å². The van der Waals surface area contributed by atoms with Crippen molar-refractivity contribution in [2.45, 2.75) is 36.5 Å². The first-order valence-electron chi connectivity index (χ1n) is 15.7. The molecule has 5 rings (SSSR count). The number of nitriles is 2. The van der Waals surface area contributed by atoms with Crippen molar-refractivity contribution in [2.24, 2.45) is 5.73 Å². The maximum Gasteiger partial charge on any atom is 0.325 e. The molecule has 0 saturated carbocycles. The minimum absolute atomic E-state index is 0.000723. The maximum absolute atomic E-state index is 11.9. The van der Waals surface area contributed by atoms with Crippen LogP contribution in [0.1, 0.15) is 42.5 Å². The van der Waals surface area contributed by atoms with E-state index in [-0.39, 0.29) is 32.1 Å². The molecule has 1 saturated heterocycles. The normalized spacial score (nSPS) is 12.3. The van der Waals surface area contributed by atoms with Gasteiger partial charge in [-0.2, -0.15) is 10.5 Å². The van der Waals surface area contributed by atoms with E-state index in [1.165, 1.54) is 23.1 Å². The number of thioether (sulfide) groups is 1. The fourth-order valence-corrected chi connectivity index (χ4v) is 7.09. The van der Waals surface area contributed by atoms with Gasteiger partial charge in [0.15, 0.2) is 0 Å². The van der Waals surface area contributed by atoms with Crippen LogP contribution in [-0.2, 0) is 20.1 Å². The minimum atomic E-state index is -0.565. The number of rotatable bonds is 15. The lowest BCUT2D eigenvalue weighted by Gasteiger charge is -2.22. The SMILES string of the molecule is N#Cc1c(SCc2csc(-c3ccc(Cl)cc3)n2)nc(N2CCCC2)c(C#N)c1-c1ccc(OCCOC(=O)CNC(=O)CCCN)cc1. The molecule has 0 atom stereocenters. The van der Waals surface area contributed by atoms with Crippen molar-refractivity contribution in [3.8, 4) is 39.6 Å². The Morgan fingerprint density at radius 1 is 1.00 bits per heavy atom. The van der Waals surface area contributed by atoms with E-state index in [1.807, 2.05) is 29.6 Å². The zero-order chi connectivity index (χ0) is 34.6. The van der Waals surface area contributed by atoms with Gasteiger partial charge < -0.3 is 25.4 Å². The number of halogens is 1. The van der Waals surface area contributed by atoms with Crippen LogP contribution >= 0.6 is 34.7 Å². The number of aromatic nitrogens is 2. The van der Waals surface area contributed by atoms with Crippen LogP contribution in [0, 0.1) is 22.7 Å². The van der Waals surface area contributed by atoms with E-state index >= 15 is 0 Å². The molecule has 14 heteroatoms. The van der Waals surface area contributed by atoms with E-state index in [2.05, 4.69) is 22.4 Å². The average molecular weight is 716 g/mol. The summed E-state index contributed by atoms with van der Waals surface area (Å²) in [5, 5.41) is 27.4. The molecule has 1 aliphatic rings. The Morgan fingerprint density at radius 3 is 2.41 bits per heavy atom. The van der Waals surface area contributed by atoms with Crippen molar-refractivity contribution in [3.05, 3.63) is 75.8 Å². The molecule has 0 aliphatic carbocycles. The Hall–Kier alpha value is -4.66. The molecule has 2 aromatic carbocycles. The monoisotopic (exact) mass is 715 g/mol. The number of pyridine rings is 1. The van der Waals surface area contributed by atoms with Crippen LogP contribution in [0.15, 0.2) is 58.9 Å². The molecule has 1 fully saturated rings. The van der Waals surface area contributed by atoms with Gasteiger partial charge in [0.1, 0.15) is 59.1 Å². The van der Waals surface area contributed by atoms with E-state index in [0.717, 1.165) is 42.2 Å². The van der Waals surface area contributed by atoms with Crippen LogP contribution < -0.4 is 20.7 Å². The summed E-state index contributed by atoms with van der Waals surface area (Å²) in [6.07, 6.45) is 2.81. The summed E-state index contributed by atoms with van der Waals surface area (Å²) in [5.41, 5.74) is 9.12. The third-order valence-corrected chi connectivity index (χ3v) is 9.77. The Labute approximate surface area is 298 Å². The Bertz CT molecular complexity index is 1850. The van der Waals surface area contributed by atoms with E-state index in [0.29, 0.717) is 62.6 Å². The van der Waals surface area contributed by atoms with E-state index < -0.39 is 5.97 Å². The second kappa shape index (κ2) is 17.7. The lowest BCUT2D eigenvalue weighted by molar-refractivity contribution is -0.144. The summed E-state index contributed by atoms with van der Waals surface area (Å²) in [7, 11) is 0. The molecule has 4 aromatic rings. The van der Waals surface area contributed by atoms with E-state index in [4.69, 9.17) is 36.8 Å². The lowest BCUT2D eigenvalue weighted by atomic mass is 9.96. The minimum Gasteiger partial charge on any atom is -0.490 e. The second-order valence-electron chi connectivity index (χ2n) is 11.0. The first kappa shape index (κ1) is 35.6. The van der Waals surface area contributed by atoms with E-state index in [9.17, 15) is 20.1 Å².